The molecule has 8 nitrogen and oxygen atoms in total. The van der Waals surface area contributed by atoms with Crippen molar-refractivity contribution in [1.29, 1.82) is 0 Å². The number of nitrogens with one attached hydrogen (secondary N) is 1. The lowest BCUT2D eigenvalue weighted by Gasteiger charge is -2.41. The van der Waals surface area contributed by atoms with Gasteiger partial charge in [-0.2, -0.15) is 11.8 Å². The number of ether oxygens (including phenoxy) is 1. The lowest BCUT2D eigenvalue weighted by molar-refractivity contribution is -0.305. The Labute approximate surface area is 205 Å². The minimum absolute atomic E-state index is 0.103. The van der Waals surface area contributed by atoms with Crippen molar-refractivity contribution < 1.29 is 37.7 Å². The van der Waals surface area contributed by atoms with Crippen LogP contribution in [0, 0.1) is 0 Å². The van der Waals surface area contributed by atoms with Crippen LogP contribution in [0.1, 0.15) is 33.2 Å². The molecule has 1 atom stereocenters. The fourth-order valence-corrected chi connectivity index (χ4v) is 5.72. The number of carbonyl (C=O) groups is 2. The van der Waals surface area contributed by atoms with Crippen LogP contribution in [0.2, 0.25) is 0 Å². The highest BCUT2D eigenvalue weighted by atomic mass is 32.2. The van der Waals surface area contributed by atoms with E-state index in [4.69, 9.17) is 5.11 Å². The minimum Gasteiger partial charge on any atom is -0.507 e. The maximum absolute atomic E-state index is 13.6. The number of fused-ring (bicyclic) bond motifs is 3. The smallest absolute Gasteiger partial charge is 0.507 e. The molecule has 0 spiro atoms. The minimum atomic E-state index is -4.97. The van der Waals surface area contributed by atoms with Crippen molar-refractivity contribution in [2.75, 3.05) is 6.54 Å². The van der Waals surface area contributed by atoms with Gasteiger partial charge in [0.1, 0.15) is 23.6 Å². The van der Waals surface area contributed by atoms with E-state index in [1.54, 1.807) is 36.4 Å². The lowest BCUT2D eigenvalue weighted by Crippen LogP contribution is -2.42. The predicted molar refractivity (Wildman–Crippen MR) is 123 cm³/mol. The van der Waals surface area contributed by atoms with Gasteiger partial charge in [-0.15, -0.1) is 13.2 Å². The molecule has 2 aliphatic carbocycles. The number of rotatable bonds is 6. The topological polar surface area (TPSA) is 118 Å². The fourth-order valence-electron chi connectivity index (χ4n) is 4.61. The van der Waals surface area contributed by atoms with E-state index in [9.17, 15) is 32.7 Å². The van der Waals surface area contributed by atoms with Gasteiger partial charge in [-0.05, 0) is 11.1 Å². The molecule has 36 heavy (non-hydrogen) atoms. The number of hydrogen-bond acceptors (Lipinski definition) is 6. The van der Waals surface area contributed by atoms with E-state index in [1.807, 2.05) is 0 Å². The number of carbonyl (C=O) groups excluding carboxylic acids is 1. The Morgan fingerprint density at radius 1 is 1.17 bits per heavy atom. The van der Waals surface area contributed by atoms with Crippen molar-refractivity contribution >= 4 is 29.2 Å². The van der Waals surface area contributed by atoms with Gasteiger partial charge in [-0.3, -0.25) is 19.0 Å². The molecule has 1 aromatic heterocycles. The van der Waals surface area contributed by atoms with Crippen molar-refractivity contribution in [2.24, 2.45) is 0 Å². The van der Waals surface area contributed by atoms with E-state index in [1.165, 1.54) is 22.4 Å². The number of carboxylic acids is 1. The molecular formula is C24H17F3N2O6S. The van der Waals surface area contributed by atoms with Crippen molar-refractivity contribution in [3.63, 3.8) is 0 Å². The third-order valence-electron chi connectivity index (χ3n) is 6.06. The van der Waals surface area contributed by atoms with Gasteiger partial charge in [0.05, 0.1) is 6.04 Å². The van der Waals surface area contributed by atoms with Crippen LogP contribution >= 0.6 is 11.8 Å². The molecule has 3 N–H and O–H groups in total. The summed E-state index contributed by atoms with van der Waals surface area (Å²) in [6.07, 6.45) is -1.89. The second-order valence-corrected chi connectivity index (χ2v) is 9.14. The molecule has 0 fully saturated rings. The van der Waals surface area contributed by atoms with Crippen LogP contribution in [0.5, 0.6) is 5.75 Å². The Balaban J connectivity index is 1.69. The number of hydrogen-bond donors (Lipinski definition) is 3. The van der Waals surface area contributed by atoms with E-state index in [0.29, 0.717) is 22.4 Å². The number of benzene rings is 1. The maximum Gasteiger partial charge on any atom is 0.573 e. The largest absolute Gasteiger partial charge is 0.573 e. The highest BCUT2D eigenvalue weighted by molar-refractivity contribution is 7.98. The summed E-state index contributed by atoms with van der Waals surface area (Å²) in [5, 5.41) is 21.7. The van der Waals surface area contributed by atoms with Crippen LogP contribution in [0.15, 0.2) is 64.2 Å². The van der Waals surface area contributed by atoms with Gasteiger partial charge >= 0.3 is 12.3 Å². The molecule has 3 aliphatic rings. The second-order valence-electron chi connectivity index (χ2n) is 8.15. The van der Waals surface area contributed by atoms with Gasteiger partial charge in [-0.1, -0.05) is 42.5 Å². The van der Waals surface area contributed by atoms with E-state index in [2.05, 4.69) is 10.1 Å². The zero-order chi connectivity index (χ0) is 25.8. The SMILES string of the molecule is O=C(O)CNC(=O)c1c(O)c2c(n(C3c4ccc(-c5ccccc5)c3c4OC(F)(F)F)c1=O)CSC2. The number of carboxylic acid groups (broad SMARTS) is 1. The summed E-state index contributed by atoms with van der Waals surface area (Å²) in [5.74, 6) is -2.87. The molecule has 1 aromatic carbocycles. The number of halogens is 3. The first kappa shape index (κ1) is 23.8. The van der Waals surface area contributed by atoms with Gasteiger partial charge in [0.15, 0.2) is 0 Å². The van der Waals surface area contributed by atoms with E-state index >= 15 is 0 Å². The Hall–Kier alpha value is -3.93. The zero-order valence-electron chi connectivity index (χ0n) is 18.3. The molecule has 2 aromatic rings. The first-order valence-corrected chi connectivity index (χ1v) is 11.8. The van der Waals surface area contributed by atoms with Gasteiger partial charge in [0.2, 0.25) is 0 Å². The van der Waals surface area contributed by atoms with Crippen LogP contribution in [0.3, 0.4) is 0 Å². The van der Waals surface area contributed by atoms with Gasteiger partial charge in [0.25, 0.3) is 11.5 Å². The Bertz CT molecular complexity index is 1460. The summed E-state index contributed by atoms with van der Waals surface area (Å²) >= 11 is 1.36. The van der Waals surface area contributed by atoms with E-state index in [-0.39, 0.29) is 22.7 Å². The molecule has 1 amide bonds. The molecule has 186 valence electrons. The van der Waals surface area contributed by atoms with Gasteiger partial charge < -0.3 is 20.3 Å². The van der Waals surface area contributed by atoms with Crippen LogP contribution < -0.4 is 10.9 Å². The number of aromatic nitrogens is 1. The molecule has 0 saturated carbocycles. The Morgan fingerprint density at radius 3 is 2.56 bits per heavy atom. The molecular weight excluding hydrogens is 501 g/mol. The number of thioether (sulfide) groups is 1. The summed E-state index contributed by atoms with van der Waals surface area (Å²) < 4.78 is 45.3. The predicted octanol–water partition coefficient (Wildman–Crippen LogP) is 3.48. The maximum atomic E-state index is 13.6. The molecule has 2 bridgehead atoms. The highest BCUT2D eigenvalue weighted by Crippen LogP contribution is 2.55. The van der Waals surface area contributed by atoms with Gasteiger partial charge in [-0.25, -0.2) is 0 Å². The first-order valence-electron chi connectivity index (χ1n) is 10.6. The number of pyridine rings is 1. The third-order valence-corrected chi connectivity index (χ3v) is 7.03. The Kier molecular flexibility index (Phi) is 5.70. The monoisotopic (exact) mass is 518 g/mol. The zero-order valence-corrected chi connectivity index (χ0v) is 19.1. The summed E-state index contributed by atoms with van der Waals surface area (Å²) in [6, 6.07) is 7.63. The average molecular weight is 518 g/mol. The molecule has 0 radical (unpaired) electrons. The lowest BCUT2D eigenvalue weighted by atomic mass is 9.73. The Morgan fingerprint density at radius 2 is 1.89 bits per heavy atom. The summed E-state index contributed by atoms with van der Waals surface area (Å²) in [7, 11) is 0. The van der Waals surface area contributed by atoms with Crippen LogP contribution in [0.4, 0.5) is 13.2 Å². The summed E-state index contributed by atoms with van der Waals surface area (Å²) in [5.41, 5.74) is 0.336. The average Bonchev–Trinajstić information content (AvgIpc) is 3.32. The van der Waals surface area contributed by atoms with Crippen molar-refractivity contribution in [3.05, 3.63) is 92.1 Å². The van der Waals surface area contributed by atoms with Crippen molar-refractivity contribution in [3.8, 4) is 5.75 Å². The number of allylic oxidation sites excluding steroid dienone is 5. The van der Waals surface area contributed by atoms with Crippen LogP contribution in [0.25, 0.3) is 5.57 Å². The molecule has 5 rings (SSSR count). The van der Waals surface area contributed by atoms with E-state index < -0.39 is 53.5 Å². The van der Waals surface area contributed by atoms with Crippen molar-refractivity contribution in [2.45, 2.75) is 23.9 Å². The normalized spacial score (nSPS) is 18.1. The van der Waals surface area contributed by atoms with Crippen LogP contribution in [-0.2, 0) is 21.0 Å². The standard InChI is InChI=1S/C24H17F3N2O6S/c25-24(26,27)35-21-13-7-6-12(11-4-2-1-3-5-11)17(21)19(13)29-15-10-36-9-14(15)20(32)18(23(29)34)22(33)28-8-16(30)31/h1-7,19,32H,8-10H2,(H,28,33)(H,30,31). The highest BCUT2D eigenvalue weighted by Gasteiger charge is 2.49. The summed E-state index contributed by atoms with van der Waals surface area (Å²) in [6.45, 7) is -0.784. The third kappa shape index (κ3) is 3.87. The molecule has 0 saturated heterocycles. The van der Waals surface area contributed by atoms with Crippen molar-refractivity contribution in [1.82, 2.24) is 9.88 Å². The number of alkyl halides is 3. The number of nitrogens with zero attached hydrogens (tertiary/aromatic N) is 1. The first-order chi connectivity index (χ1) is 17.1. The van der Waals surface area contributed by atoms with E-state index in [0.717, 1.165) is 0 Å². The number of aromatic hydroxyl groups is 1. The number of amides is 1. The second kappa shape index (κ2) is 8.63. The molecule has 2 heterocycles. The summed E-state index contributed by atoms with van der Waals surface area (Å²) in [4.78, 5) is 37.2. The fraction of sp³-hybridized carbons (Fsp3) is 0.208. The molecule has 12 heteroatoms. The van der Waals surface area contributed by atoms with Gasteiger partial charge in [0, 0.05) is 33.9 Å². The molecule has 1 unspecified atom stereocenters. The molecule has 1 aliphatic heterocycles. The van der Waals surface area contributed by atoms with Crippen LogP contribution in [-0.4, -0.2) is 39.6 Å². The quantitative estimate of drug-likeness (QED) is 0.536. The number of aliphatic carboxylic acids is 1.